The summed E-state index contributed by atoms with van der Waals surface area (Å²) >= 11 is 0. The minimum atomic E-state index is 0.304. The molecule has 14 heavy (non-hydrogen) atoms. The molecule has 3 nitrogen and oxygen atoms in total. The number of nitrogens with one attached hydrogen (secondary N) is 2. The fourth-order valence-electron chi connectivity index (χ4n) is 2.25. The van der Waals surface area contributed by atoms with E-state index in [4.69, 9.17) is 0 Å². The SMILES string of the molecule is O=C(NC1CNC1)C1CCCCCC1. The van der Waals surface area contributed by atoms with Crippen molar-refractivity contribution in [3.05, 3.63) is 0 Å². The van der Waals surface area contributed by atoms with Crippen molar-refractivity contribution in [2.45, 2.75) is 44.6 Å². The van der Waals surface area contributed by atoms with E-state index in [-0.39, 0.29) is 0 Å². The summed E-state index contributed by atoms with van der Waals surface area (Å²) in [6.07, 6.45) is 7.31. The second-order valence-electron chi connectivity index (χ2n) is 4.55. The molecule has 0 radical (unpaired) electrons. The number of rotatable bonds is 2. The Morgan fingerprint density at radius 1 is 1.07 bits per heavy atom. The van der Waals surface area contributed by atoms with Gasteiger partial charge in [-0.2, -0.15) is 0 Å². The summed E-state index contributed by atoms with van der Waals surface area (Å²) in [7, 11) is 0. The average Bonchev–Trinajstić information content (AvgIpc) is 2.38. The number of hydrogen-bond acceptors (Lipinski definition) is 2. The van der Waals surface area contributed by atoms with Crippen molar-refractivity contribution in [3.8, 4) is 0 Å². The minimum Gasteiger partial charge on any atom is -0.351 e. The Balaban J connectivity index is 1.76. The molecule has 0 aromatic rings. The van der Waals surface area contributed by atoms with Crippen molar-refractivity contribution in [3.63, 3.8) is 0 Å². The van der Waals surface area contributed by atoms with E-state index in [0.29, 0.717) is 17.9 Å². The molecule has 0 bridgehead atoms. The topological polar surface area (TPSA) is 41.1 Å². The number of carbonyl (C=O) groups excluding carboxylic acids is 1. The molecule has 2 rings (SSSR count). The van der Waals surface area contributed by atoms with Gasteiger partial charge in [-0.15, -0.1) is 0 Å². The predicted octanol–water partition coefficient (Wildman–Crippen LogP) is 1.04. The number of carbonyl (C=O) groups is 1. The van der Waals surface area contributed by atoms with E-state index >= 15 is 0 Å². The van der Waals surface area contributed by atoms with Crippen LogP contribution in [0.15, 0.2) is 0 Å². The van der Waals surface area contributed by atoms with Gasteiger partial charge in [-0.1, -0.05) is 25.7 Å². The van der Waals surface area contributed by atoms with Gasteiger partial charge in [0.2, 0.25) is 5.91 Å². The first-order chi connectivity index (χ1) is 6.86. The molecule has 1 aliphatic carbocycles. The summed E-state index contributed by atoms with van der Waals surface area (Å²) < 4.78 is 0. The molecule has 1 amide bonds. The minimum absolute atomic E-state index is 0.304. The Labute approximate surface area is 85.6 Å². The van der Waals surface area contributed by atoms with Crippen LogP contribution in [-0.2, 0) is 4.79 Å². The van der Waals surface area contributed by atoms with E-state index < -0.39 is 0 Å². The summed E-state index contributed by atoms with van der Waals surface area (Å²) in [5.41, 5.74) is 0. The van der Waals surface area contributed by atoms with Crippen LogP contribution in [0, 0.1) is 5.92 Å². The molecule has 3 heteroatoms. The van der Waals surface area contributed by atoms with Crippen LogP contribution in [0.4, 0.5) is 0 Å². The molecule has 2 aliphatic rings. The van der Waals surface area contributed by atoms with Crippen LogP contribution in [0.3, 0.4) is 0 Å². The summed E-state index contributed by atoms with van der Waals surface area (Å²) in [6, 6.07) is 0.408. The third-order valence-corrected chi connectivity index (χ3v) is 3.35. The largest absolute Gasteiger partial charge is 0.351 e. The van der Waals surface area contributed by atoms with E-state index in [1.54, 1.807) is 0 Å². The summed E-state index contributed by atoms with van der Waals surface area (Å²) in [6.45, 7) is 1.91. The highest BCUT2D eigenvalue weighted by Gasteiger charge is 2.24. The van der Waals surface area contributed by atoms with Gasteiger partial charge >= 0.3 is 0 Å². The first-order valence-electron chi connectivity index (χ1n) is 5.87. The second kappa shape index (κ2) is 4.78. The lowest BCUT2D eigenvalue weighted by atomic mass is 9.98. The highest BCUT2D eigenvalue weighted by molar-refractivity contribution is 5.79. The van der Waals surface area contributed by atoms with E-state index in [1.807, 2.05) is 0 Å². The van der Waals surface area contributed by atoms with Crippen LogP contribution in [0.2, 0.25) is 0 Å². The third-order valence-electron chi connectivity index (χ3n) is 3.35. The molecule has 1 heterocycles. The molecule has 0 aromatic carbocycles. The lowest BCUT2D eigenvalue weighted by Crippen LogP contribution is -2.57. The van der Waals surface area contributed by atoms with Gasteiger partial charge in [-0.05, 0) is 12.8 Å². The first kappa shape index (κ1) is 9.97. The molecule has 0 aromatic heterocycles. The van der Waals surface area contributed by atoms with Crippen LogP contribution < -0.4 is 10.6 Å². The van der Waals surface area contributed by atoms with Gasteiger partial charge in [-0.3, -0.25) is 4.79 Å². The Kier molecular flexibility index (Phi) is 3.40. The van der Waals surface area contributed by atoms with Gasteiger partial charge in [0, 0.05) is 19.0 Å². The van der Waals surface area contributed by atoms with Crippen molar-refractivity contribution in [1.29, 1.82) is 0 Å². The van der Waals surface area contributed by atoms with Gasteiger partial charge in [0.05, 0.1) is 6.04 Å². The zero-order chi connectivity index (χ0) is 9.80. The normalized spacial score (nSPS) is 25.1. The Morgan fingerprint density at radius 3 is 2.21 bits per heavy atom. The standard InChI is InChI=1S/C11H20N2O/c14-11(13-10-7-12-8-10)9-5-3-1-2-4-6-9/h9-10,12H,1-8H2,(H,13,14). The summed E-state index contributed by atoms with van der Waals surface area (Å²) in [5, 5.41) is 6.28. The molecule has 80 valence electrons. The maximum atomic E-state index is 11.8. The monoisotopic (exact) mass is 196 g/mol. The van der Waals surface area contributed by atoms with Gasteiger partial charge < -0.3 is 10.6 Å². The lowest BCUT2D eigenvalue weighted by Gasteiger charge is -2.29. The molecule has 1 saturated heterocycles. The van der Waals surface area contributed by atoms with Crippen LogP contribution in [0.25, 0.3) is 0 Å². The van der Waals surface area contributed by atoms with Crippen LogP contribution >= 0.6 is 0 Å². The van der Waals surface area contributed by atoms with E-state index in [1.165, 1.54) is 25.7 Å². The third kappa shape index (κ3) is 2.47. The molecule has 0 atom stereocenters. The fraction of sp³-hybridized carbons (Fsp3) is 0.909. The van der Waals surface area contributed by atoms with Crippen molar-refractivity contribution >= 4 is 5.91 Å². The Bertz CT molecular complexity index is 193. The number of amides is 1. The first-order valence-corrected chi connectivity index (χ1v) is 5.87. The molecule has 1 aliphatic heterocycles. The molecule has 0 spiro atoms. The molecule has 2 N–H and O–H groups in total. The van der Waals surface area contributed by atoms with E-state index in [9.17, 15) is 4.79 Å². The van der Waals surface area contributed by atoms with Crippen LogP contribution in [0.1, 0.15) is 38.5 Å². The predicted molar refractivity (Wildman–Crippen MR) is 56.0 cm³/mol. The van der Waals surface area contributed by atoms with Crippen molar-refractivity contribution in [2.75, 3.05) is 13.1 Å². The molecular formula is C11H20N2O. The summed E-state index contributed by atoms with van der Waals surface area (Å²) in [5.74, 6) is 0.608. The average molecular weight is 196 g/mol. The van der Waals surface area contributed by atoms with Gasteiger partial charge in [0.15, 0.2) is 0 Å². The smallest absolute Gasteiger partial charge is 0.223 e. The maximum absolute atomic E-state index is 11.8. The molecular weight excluding hydrogens is 176 g/mol. The fourth-order valence-corrected chi connectivity index (χ4v) is 2.25. The van der Waals surface area contributed by atoms with Crippen molar-refractivity contribution < 1.29 is 4.79 Å². The Morgan fingerprint density at radius 2 is 1.71 bits per heavy atom. The highest BCUT2D eigenvalue weighted by atomic mass is 16.2. The van der Waals surface area contributed by atoms with Crippen LogP contribution in [-0.4, -0.2) is 25.0 Å². The summed E-state index contributed by atoms with van der Waals surface area (Å²) in [4.78, 5) is 11.8. The second-order valence-corrected chi connectivity index (χ2v) is 4.55. The molecule has 2 fully saturated rings. The lowest BCUT2D eigenvalue weighted by molar-refractivity contribution is -0.126. The van der Waals surface area contributed by atoms with Gasteiger partial charge in [-0.25, -0.2) is 0 Å². The highest BCUT2D eigenvalue weighted by Crippen LogP contribution is 2.22. The van der Waals surface area contributed by atoms with E-state index in [2.05, 4.69) is 10.6 Å². The zero-order valence-corrected chi connectivity index (χ0v) is 8.72. The zero-order valence-electron chi connectivity index (χ0n) is 8.72. The van der Waals surface area contributed by atoms with Crippen molar-refractivity contribution in [2.24, 2.45) is 5.92 Å². The number of hydrogen-bond donors (Lipinski definition) is 2. The molecule has 1 saturated carbocycles. The molecule has 0 unspecified atom stereocenters. The Hall–Kier alpha value is -0.570. The van der Waals surface area contributed by atoms with Crippen LogP contribution in [0.5, 0.6) is 0 Å². The van der Waals surface area contributed by atoms with Crippen molar-refractivity contribution in [1.82, 2.24) is 10.6 Å². The van der Waals surface area contributed by atoms with E-state index in [0.717, 1.165) is 25.9 Å². The van der Waals surface area contributed by atoms with Gasteiger partial charge in [0.1, 0.15) is 0 Å². The van der Waals surface area contributed by atoms with Gasteiger partial charge in [0.25, 0.3) is 0 Å². The maximum Gasteiger partial charge on any atom is 0.223 e. The quantitative estimate of drug-likeness (QED) is 0.648.